The Hall–Kier alpha value is -1.16. The molecule has 3 nitrogen and oxygen atoms in total. The van der Waals surface area contributed by atoms with Gasteiger partial charge in [0.25, 0.3) is 0 Å². The number of aryl methyl sites for hydroxylation is 1. The maximum Gasteiger partial charge on any atom is 0.188 e. The summed E-state index contributed by atoms with van der Waals surface area (Å²) in [5.41, 5.74) is 1.03. The summed E-state index contributed by atoms with van der Waals surface area (Å²) in [5, 5.41) is 6.93. The lowest BCUT2D eigenvalue weighted by Gasteiger charge is -1.92. The number of aromatic nitrogens is 3. The Morgan fingerprint density at radius 1 is 1.58 bits per heavy atom. The van der Waals surface area contributed by atoms with Crippen LogP contribution in [0.1, 0.15) is 5.69 Å². The molecule has 12 heavy (non-hydrogen) atoms. The number of fused-ring (bicyclic) bond motifs is 1. The van der Waals surface area contributed by atoms with Crippen molar-refractivity contribution in [3.8, 4) is 0 Å². The van der Waals surface area contributed by atoms with Gasteiger partial charge in [0.15, 0.2) is 11.0 Å². The molecule has 2 rings (SSSR count). The van der Waals surface area contributed by atoms with Crippen molar-refractivity contribution in [3.63, 3.8) is 0 Å². The van der Waals surface area contributed by atoms with Crippen LogP contribution in [0.5, 0.6) is 0 Å². The highest BCUT2D eigenvalue weighted by Crippen LogP contribution is 2.21. The van der Waals surface area contributed by atoms with Crippen molar-refractivity contribution in [1.29, 1.82) is 0 Å². The second-order valence-corrected chi connectivity index (χ2v) is 2.83. The molecule has 0 atom stereocenters. The molecule has 2 aromatic heterocycles. The predicted octanol–water partition coefficient (Wildman–Crippen LogP) is 2.06. The van der Waals surface area contributed by atoms with Crippen LogP contribution in [0.25, 0.3) is 10.9 Å². The zero-order valence-corrected chi connectivity index (χ0v) is 6.98. The van der Waals surface area contributed by atoms with Crippen molar-refractivity contribution in [2.24, 2.45) is 0 Å². The first-order valence-electron chi connectivity index (χ1n) is 3.35. The number of rotatable bonds is 0. The molecular formula is C7H5ClFN3. The van der Waals surface area contributed by atoms with Gasteiger partial charge in [-0.05, 0) is 6.92 Å². The zero-order valence-electron chi connectivity index (χ0n) is 6.23. The van der Waals surface area contributed by atoms with E-state index < -0.39 is 5.82 Å². The molecular weight excluding hydrogens is 181 g/mol. The van der Waals surface area contributed by atoms with E-state index in [1.807, 2.05) is 0 Å². The van der Waals surface area contributed by atoms with E-state index in [9.17, 15) is 4.39 Å². The average molecular weight is 186 g/mol. The number of pyridine rings is 1. The molecule has 1 N–H and O–H groups in total. The highest BCUT2D eigenvalue weighted by atomic mass is 35.5. The number of hydrogen-bond donors (Lipinski definition) is 1. The van der Waals surface area contributed by atoms with E-state index in [1.54, 1.807) is 6.92 Å². The third kappa shape index (κ3) is 0.881. The first kappa shape index (κ1) is 7.49. The zero-order chi connectivity index (χ0) is 8.72. The third-order valence-electron chi connectivity index (χ3n) is 1.69. The van der Waals surface area contributed by atoms with Gasteiger partial charge in [0.1, 0.15) is 5.52 Å². The smallest absolute Gasteiger partial charge is 0.188 e. The molecule has 0 amide bonds. The number of halogens is 2. The van der Waals surface area contributed by atoms with Crippen molar-refractivity contribution in [2.45, 2.75) is 6.92 Å². The molecule has 0 saturated carbocycles. The Morgan fingerprint density at radius 3 is 3.08 bits per heavy atom. The van der Waals surface area contributed by atoms with E-state index in [0.29, 0.717) is 5.39 Å². The molecule has 0 fully saturated rings. The molecule has 0 aliphatic rings. The van der Waals surface area contributed by atoms with Crippen LogP contribution >= 0.6 is 11.6 Å². The van der Waals surface area contributed by atoms with E-state index in [2.05, 4.69) is 15.2 Å². The van der Waals surface area contributed by atoms with Gasteiger partial charge in [-0.25, -0.2) is 9.37 Å². The fourth-order valence-electron chi connectivity index (χ4n) is 1.04. The maximum atomic E-state index is 13.1. The normalized spacial score (nSPS) is 10.9. The molecule has 62 valence electrons. The maximum absolute atomic E-state index is 13.1. The Balaban J connectivity index is 2.93. The minimum Gasteiger partial charge on any atom is -0.281 e. The van der Waals surface area contributed by atoms with Gasteiger partial charge >= 0.3 is 0 Å². The summed E-state index contributed by atoms with van der Waals surface area (Å²) >= 11 is 5.46. The van der Waals surface area contributed by atoms with Crippen LogP contribution in [0.15, 0.2) is 6.20 Å². The van der Waals surface area contributed by atoms with Crippen LogP contribution in [-0.4, -0.2) is 15.2 Å². The number of nitrogens with zero attached hydrogens (tertiary/aromatic N) is 2. The Bertz CT molecular complexity index is 437. The lowest BCUT2D eigenvalue weighted by molar-refractivity contribution is 0.631. The van der Waals surface area contributed by atoms with Gasteiger partial charge in [-0.1, -0.05) is 11.6 Å². The van der Waals surface area contributed by atoms with Crippen LogP contribution in [-0.2, 0) is 0 Å². The summed E-state index contributed by atoms with van der Waals surface area (Å²) in [6.07, 6.45) is 1.50. The molecule has 0 aliphatic heterocycles. The van der Waals surface area contributed by atoms with Crippen LogP contribution < -0.4 is 0 Å². The van der Waals surface area contributed by atoms with Crippen molar-refractivity contribution in [1.82, 2.24) is 15.2 Å². The van der Waals surface area contributed by atoms with Gasteiger partial charge in [-0.2, -0.15) is 5.10 Å². The molecule has 0 radical (unpaired) electrons. The molecule has 0 bridgehead atoms. The fourth-order valence-corrected chi connectivity index (χ4v) is 1.18. The van der Waals surface area contributed by atoms with Gasteiger partial charge in [0, 0.05) is 17.3 Å². The van der Waals surface area contributed by atoms with E-state index in [-0.39, 0.29) is 10.7 Å². The molecule has 0 aliphatic carbocycles. The number of H-pyrrole nitrogens is 1. The molecule has 2 aromatic rings. The SMILES string of the molecule is Cc1[nH]nc2c(F)c(Cl)ncc12. The average Bonchev–Trinajstić information content (AvgIpc) is 2.41. The topological polar surface area (TPSA) is 41.6 Å². The summed E-state index contributed by atoms with van der Waals surface area (Å²) in [7, 11) is 0. The lowest BCUT2D eigenvalue weighted by atomic mass is 10.3. The van der Waals surface area contributed by atoms with Crippen LogP contribution in [0, 0.1) is 12.7 Å². The van der Waals surface area contributed by atoms with Crippen LogP contribution in [0.3, 0.4) is 0 Å². The van der Waals surface area contributed by atoms with E-state index in [0.717, 1.165) is 5.69 Å². The third-order valence-corrected chi connectivity index (χ3v) is 1.95. The second kappa shape index (κ2) is 2.42. The van der Waals surface area contributed by atoms with Crippen molar-refractivity contribution >= 4 is 22.5 Å². The first-order chi connectivity index (χ1) is 5.70. The number of aromatic amines is 1. The quantitative estimate of drug-likeness (QED) is 0.639. The van der Waals surface area contributed by atoms with Crippen molar-refractivity contribution < 1.29 is 4.39 Å². The highest BCUT2D eigenvalue weighted by Gasteiger charge is 2.10. The molecule has 0 saturated heterocycles. The van der Waals surface area contributed by atoms with E-state index in [4.69, 9.17) is 11.6 Å². The molecule has 5 heteroatoms. The van der Waals surface area contributed by atoms with Gasteiger partial charge in [0.05, 0.1) is 0 Å². The Morgan fingerprint density at radius 2 is 2.33 bits per heavy atom. The molecule has 0 aromatic carbocycles. The van der Waals surface area contributed by atoms with E-state index >= 15 is 0 Å². The largest absolute Gasteiger partial charge is 0.281 e. The summed E-state index contributed by atoms with van der Waals surface area (Å²) in [4.78, 5) is 3.67. The monoisotopic (exact) mass is 185 g/mol. The molecule has 0 spiro atoms. The number of hydrogen-bond acceptors (Lipinski definition) is 2. The van der Waals surface area contributed by atoms with Gasteiger partial charge in [-0.3, -0.25) is 5.10 Å². The minimum absolute atomic E-state index is 0.144. The summed E-state index contributed by atoms with van der Waals surface area (Å²) in [6.45, 7) is 1.80. The predicted molar refractivity (Wildman–Crippen MR) is 43.6 cm³/mol. The van der Waals surface area contributed by atoms with Gasteiger partial charge in [0.2, 0.25) is 0 Å². The fraction of sp³-hybridized carbons (Fsp3) is 0.143. The highest BCUT2D eigenvalue weighted by molar-refractivity contribution is 6.30. The molecule has 2 heterocycles. The number of nitrogens with one attached hydrogen (secondary N) is 1. The van der Waals surface area contributed by atoms with Gasteiger partial charge in [-0.15, -0.1) is 0 Å². The summed E-state index contributed by atoms with van der Waals surface area (Å²) in [6, 6.07) is 0. The van der Waals surface area contributed by atoms with Crippen LogP contribution in [0.4, 0.5) is 4.39 Å². The minimum atomic E-state index is -0.571. The summed E-state index contributed by atoms with van der Waals surface area (Å²) < 4.78 is 13.1. The second-order valence-electron chi connectivity index (χ2n) is 2.47. The standard InChI is InChI=1S/C7H5ClFN3/c1-3-4-2-10-7(8)5(9)6(4)12-11-3/h2H,1H3,(H,11,12). The van der Waals surface area contributed by atoms with Crippen LogP contribution in [0.2, 0.25) is 5.15 Å². The summed E-state index contributed by atoms with van der Waals surface area (Å²) in [5.74, 6) is -0.571. The van der Waals surface area contributed by atoms with Crippen molar-refractivity contribution in [3.05, 3.63) is 22.9 Å². The molecule has 0 unspecified atom stereocenters. The van der Waals surface area contributed by atoms with E-state index in [1.165, 1.54) is 6.20 Å². The Labute approximate surface area is 72.6 Å². The van der Waals surface area contributed by atoms with Gasteiger partial charge < -0.3 is 0 Å². The Kier molecular flexibility index (Phi) is 1.51. The lowest BCUT2D eigenvalue weighted by Crippen LogP contribution is -1.83. The first-order valence-corrected chi connectivity index (χ1v) is 3.72. The van der Waals surface area contributed by atoms with Crippen molar-refractivity contribution in [2.75, 3.05) is 0 Å².